The zero-order chi connectivity index (χ0) is 15.1. The molecular formula is C20H12BrCl. The van der Waals surface area contributed by atoms with Gasteiger partial charge in [0, 0.05) is 9.50 Å². The van der Waals surface area contributed by atoms with Crippen molar-refractivity contribution in [3.63, 3.8) is 0 Å². The second-order valence-electron chi connectivity index (χ2n) is 5.32. The normalized spacial score (nSPS) is 14.0. The van der Waals surface area contributed by atoms with Crippen molar-refractivity contribution in [3.8, 4) is 11.1 Å². The van der Waals surface area contributed by atoms with Gasteiger partial charge in [-0.3, -0.25) is 0 Å². The number of hydrogen-bond donors (Lipinski definition) is 0. The van der Waals surface area contributed by atoms with E-state index in [1.807, 2.05) is 24.3 Å². The Morgan fingerprint density at radius 3 is 2.23 bits per heavy atom. The third-order valence-electron chi connectivity index (χ3n) is 3.98. The van der Waals surface area contributed by atoms with Crippen LogP contribution in [0.1, 0.15) is 16.7 Å². The van der Waals surface area contributed by atoms with Crippen LogP contribution in [0.4, 0.5) is 0 Å². The van der Waals surface area contributed by atoms with E-state index in [0.29, 0.717) is 0 Å². The van der Waals surface area contributed by atoms with Gasteiger partial charge in [-0.25, -0.2) is 0 Å². The molecule has 22 heavy (non-hydrogen) atoms. The molecule has 0 N–H and O–H groups in total. The lowest BCUT2D eigenvalue weighted by Gasteiger charge is -2.05. The topological polar surface area (TPSA) is 0 Å². The Morgan fingerprint density at radius 1 is 0.727 bits per heavy atom. The molecule has 3 aromatic carbocycles. The Labute approximate surface area is 143 Å². The van der Waals surface area contributed by atoms with E-state index in [4.69, 9.17) is 11.6 Å². The number of halogens is 2. The van der Waals surface area contributed by atoms with Crippen molar-refractivity contribution in [2.45, 2.75) is 0 Å². The molecule has 1 aliphatic carbocycles. The Bertz CT molecular complexity index is 909. The predicted molar refractivity (Wildman–Crippen MR) is 98.0 cm³/mol. The standard InChI is InChI=1S/C20H12BrCl/c21-14-9-10-17-15-6-2-3-7-16(15)18(19(17)12-14)11-13-5-1-4-8-20(13)22/h1-12H/b18-11+. The highest BCUT2D eigenvalue weighted by Crippen LogP contribution is 2.46. The molecule has 0 spiro atoms. The summed E-state index contributed by atoms with van der Waals surface area (Å²) in [6, 6.07) is 22.9. The van der Waals surface area contributed by atoms with Gasteiger partial charge in [0.15, 0.2) is 0 Å². The van der Waals surface area contributed by atoms with Crippen molar-refractivity contribution < 1.29 is 0 Å². The first-order valence-corrected chi connectivity index (χ1v) is 8.27. The third kappa shape index (κ3) is 2.22. The maximum absolute atomic E-state index is 6.33. The highest BCUT2D eigenvalue weighted by atomic mass is 79.9. The lowest BCUT2D eigenvalue weighted by atomic mass is 10.0. The Kier molecular flexibility index (Phi) is 3.40. The summed E-state index contributed by atoms with van der Waals surface area (Å²) >= 11 is 9.92. The molecular weight excluding hydrogens is 356 g/mol. The van der Waals surface area contributed by atoms with Crippen LogP contribution >= 0.6 is 27.5 Å². The summed E-state index contributed by atoms with van der Waals surface area (Å²) in [7, 11) is 0. The molecule has 0 saturated carbocycles. The van der Waals surface area contributed by atoms with Crippen LogP contribution in [0.25, 0.3) is 22.8 Å². The van der Waals surface area contributed by atoms with E-state index in [-0.39, 0.29) is 0 Å². The number of hydrogen-bond acceptors (Lipinski definition) is 0. The summed E-state index contributed by atoms with van der Waals surface area (Å²) in [6.45, 7) is 0. The van der Waals surface area contributed by atoms with E-state index >= 15 is 0 Å². The van der Waals surface area contributed by atoms with Gasteiger partial charge in [0.05, 0.1) is 0 Å². The molecule has 3 aromatic rings. The van der Waals surface area contributed by atoms with Crippen LogP contribution in [0.3, 0.4) is 0 Å². The smallest absolute Gasteiger partial charge is 0.0478 e. The zero-order valence-corrected chi connectivity index (χ0v) is 14.0. The van der Waals surface area contributed by atoms with Gasteiger partial charge in [-0.05, 0) is 57.7 Å². The average Bonchev–Trinajstić information content (AvgIpc) is 2.83. The van der Waals surface area contributed by atoms with Crippen molar-refractivity contribution in [3.05, 3.63) is 92.9 Å². The molecule has 0 heterocycles. The summed E-state index contributed by atoms with van der Waals surface area (Å²) in [5.41, 5.74) is 7.33. The zero-order valence-electron chi connectivity index (χ0n) is 11.7. The van der Waals surface area contributed by atoms with Crippen LogP contribution in [0, 0.1) is 0 Å². The molecule has 106 valence electrons. The molecule has 0 bridgehead atoms. The van der Waals surface area contributed by atoms with Gasteiger partial charge in [-0.15, -0.1) is 0 Å². The molecule has 0 nitrogen and oxygen atoms in total. The van der Waals surface area contributed by atoms with Gasteiger partial charge in [0.2, 0.25) is 0 Å². The van der Waals surface area contributed by atoms with Crippen molar-refractivity contribution in [1.82, 2.24) is 0 Å². The highest BCUT2D eigenvalue weighted by Gasteiger charge is 2.23. The van der Waals surface area contributed by atoms with E-state index in [9.17, 15) is 0 Å². The Balaban J connectivity index is 2.00. The van der Waals surface area contributed by atoms with E-state index in [1.54, 1.807) is 0 Å². The quantitative estimate of drug-likeness (QED) is 0.352. The van der Waals surface area contributed by atoms with Gasteiger partial charge in [-0.2, -0.15) is 0 Å². The fourth-order valence-corrected chi connectivity index (χ4v) is 3.53. The number of rotatable bonds is 1. The van der Waals surface area contributed by atoms with Crippen LogP contribution < -0.4 is 0 Å². The minimum Gasteiger partial charge on any atom is -0.0837 e. The molecule has 0 radical (unpaired) electrons. The van der Waals surface area contributed by atoms with Crippen molar-refractivity contribution in [2.24, 2.45) is 0 Å². The first-order chi connectivity index (χ1) is 10.7. The van der Waals surface area contributed by atoms with Crippen LogP contribution in [-0.2, 0) is 0 Å². The molecule has 0 unspecified atom stereocenters. The SMILES string of the molecule is Clc1ccccc1/C=C1\c2ccccc2-c2ccc(Br)cc21. The van der Waals surface area contributed by atoms with Gasteiger partial charge < -0.3 is 0 Å². The highest BCUT2D eigenvalue weighted by molar-refractivity contribution is 9.10. The van der Waals surface area contributed by atoms with E-state index in [2.05, 4.69) is 64.5 Å². The van der Waals surface area contributed by atoms with Crippen LogP contribution in [-0.4, -0.2) is 0 Å². The summed E-state index contributed by atoms with van der Waals surface area (Å²) in [5, 5.41) is 0.774. The monoisotopic (exact) mass is 366 g/mol. The van der Waals surface area contributed by atoms with E-state index in [0.717, 1.165) is 15.1 Å². The fraction of sp³-hybridized carbons (Fsp3) is 0. The third-order valence-corrected chi connectivity index (χ3v) is 4.82. The van der Waals surface area contributed by atoms with Crippen molar-refractivity contribution >= 4 is 39.2 Å². The molecule has 2 heteroatoms. The molecule has 0 atom stereocenters. The second kappa shape index (κ2) is 5.42. The first kappa shape index (κ1) is 13.8. The number of benzene rings is 3. The lowest BCUT2D eigenvalue weighted by Crippen LogP contribution is -1.83. The van der Waals surface area contributed by atoms with Gasteiger partial charge >= 0.3 is 0 Å². The molecule has 0 saturated heterocycles. The van der Waals surface area contributed by atoms with Crippen LogP contribution in [0.2, 0.25) is 5.02 Å². The summed E-state index contributed by atoms with van der Waals surface area (Å²) in [6.07, 6.45) is 2.18. The van der Waals surface area contributed by atoms with Gasteiger partial charge in [0.1, 0.15) is 0 Å². The Morgan fingerprint density at radius 2 is 1.41 bits per heavy atom. The maximum atomic E-state index is 6.33. The number of fused-ring (bicyclic) bond motifs is 3. The van der Waals surface area contributed by atoms with E-state index in [1.165, 1.54) is 27.8 Å². The minimum atomic E-state index is 0.774. The van der Waals surface area contributed by atoms with Crippen molar-refractivity contribution in [1.29, 1.82) is 0 Å². The molecule has 0 aliphatic heterocycles. The molecule has 0 amide bonds. The van der Waals surface area contributed by atoms with Gasteiger partial charge in [-0.1, -0.05) is 76.1 Å². The molecule has 1 aliphatic rings. The summed E-state index contributed by atoms with van der Waals surface area (Å²) < 4.78 is 1.09. The predicted octanol–water partition coefficient (Wildman–Crippen LogP) is 6.67. The summed E-state index contributed by atoms with van der Waals surface area (Å²) in [4.78, 5) is 0. The van der Waals surface area contributed by atoms with Crippen LogP contribution in [0.5, 0.6) is 0 Å². The second-order valence-corrected chi connectivity index (χ2v) is 6.64. The lowest BCUT2D eigenvalue weighted by molar-refractivity contribution is 1.61. The Hall–Kier alpha value is -1.83. The van der Waals surface area contributed by atoms with Crippen molar-refractivity contribution in [2.75, 3.05) is 0 Å². The largest absolute Gasteiger partial charge is 0.0837 e. The molecule has 0 aromatic heterocycles. The van der Waals surface area contributed by atoms with E-state index < -0.39 is 0 Å². The summed E-state index contributed by atoms with van der Waals surface area (Å²) in [5.74, 6) is 0. The van der Waals surface area contributed by atoms with Crippen LogP contribution in [0.15, 0.2) is 71.2 Å². The molecule has 4 rings (SSSR count). The molecule has 0 fully saturated rings. The fourth-order valence-electron chi connectivity index (χ4n) is 2.98. The minimum absolute atomic E-state index is 0.774. The maximum Gasteiger partial charge on any atom is 0.0478 e. The van der Waals surface area contributed by atoms with Gasteiger partial charge in [0.25, 0.3) is 0 Å². The average molecular weight is 368 g/mol. The first-order valence-electron chi connectivity index (χ1n) is 7.10.